The molecule has 1 amide bonds. The van der Waals surface area contributed by atoms with Crippen molar-refractivity contribution in [2.45, 2.75) is 38.2 Å². The minimum Gasteiger partial charge on any atom is -0.480 e. The molecule has 0 atom stereocenters. The van der Waals surface area contributed by atoms with Crippen molar-refractivity contribution in [3.63, 3.8) is 0 Å². The molecule has 0 radical (unpaired) electrons. The summed E-state index contributed by atoms with van der Waals surface area (Å²) in [6.45, 7) is -0.133. The Morgan fingerprint density at radius 1 is 1.25 bits per heavy atom. The summed E-state index contributed by atoms with van der Waals surface area (Å²) in [5.41, 5.74) is 1.34. The first-order valence-corrected chi connectivity index (χ1v) is 7.83. The van der Waals surface area contributed by atoms with Gasteiger partial charge in [-0.25, -0.2) is 8.78 Å². The Kier molecular flexibility index (Phi) is 4.26. The number of hydrogen-bond donors (Lipinski definition) is 2. The molecule has 1 fully saturated rings. The highest BCUT2D eigenvalue weighted by molar-refractivity contribution is 5.95. The van der Waals surface area contributed by atoms with Gasteiger partial charge in [-0.05, 0) is 37.1 Å². The Bertz CT molecular complexity index is 775. The van der Waals surface area contributed by atoms with E-state index in [1.807, 2.05) is 0 Å². The van der Waals surface area contributed by atoms with Gasteiger partial charge in [-0.15, -0.1) is 0 Å². The first-order chi connectivity index (χ1) is 11.3. The average Bonchev–Trinajstić information content (AvgIpc) is 2.88. The van der Waals surface area contributed by atoms with E-state index in [1.165, 1.54) is 0 Å². The van der Waals surface area contributed by atoms with Crippen LogP contribution in [0.1, 0.15) is 25.7 Å². The van der Waals surface area contributed by atoms with Crippen molar-refractivity contribution in [2.75, 3.05) is 5.32 Å². The van der Waals surface area contributed by atoms with Crippen molar-refractivity contribution < 1.29 is 23.5 Å². The SMILES string of the molecule is O=C(O)Cn1ccc2cc(NC(=O)C3CCC(F)(F)CC3)ccc21. The number of carboxylic acids is 1. The summed E-state index contributed by atoms with van der Waals surface area (Å²) >= 11 is 0. The molecule has 1 heterocycles. The van der Waals surface area contributed by atoms with Crippen LogP contribution in [0.2, 0.25) is 0 Å². The minimum atomic E-state index is -2.65. The number of anilines is 1. The fourth-order valence-electron chi connectivity index (χ4n) is 3.11. The molecule has 7 heteroatoms. The molecule has 2 N–H and O–H groups in total. The number of aromatic nitrogens is 1. The molecule has 1 aliphatic carbocycles. The van der Waals surface area contributed by atoms with Crippen molar-refractivity contribution >= 4 is 28.5 Å². The second-order valence-corrected chi connectivity index (χ2v) is 6.23. The number of carbonyl (C=O) groups is 2. The third-order valence-corrected chi connectivity index (χ3v) is 4.43. The number of halogens is 2. The van der Waals surface area contributed by atoms with Crippen LogP contribution in [0.3, 0.4) is 0 Å². The summed E-state index contributed by atoms with van der Waals surface area (Å²) in [5.74, 6) is -4.21. The van der Waals surface area contributed by atoms with Crippen molar-refractivity contribution in [2.24, 2.45) is 5.92 Å². The second-order valence-electron chi connectivity index (χ2n) is 6.23. The van der Waals surface area contributed by atoms with E-state index in [2.05, 4.69) is 5.32 Å². The van der Waals surface area contributed by atoms with Crippen LogP contribution in [-0.4, -0.2) is 27.5 Å². The highest BCUT2D eigenvalue weighted by atomic mass is 19.3. The van der Waals surface area contributed by atoms with E-state index in [9.17, 15) is 18.4 Å². The van der Waals surface area contributed by atoms with Gasteiger partial charge in [-0.3, -0.25) is 9.59 Å². The summed E-state index contributed by atoms with van der Waals surface area (Å²) < 4.78 is 27.9. The van der Waals surface area contributed by atoms with Crippen molar-refractivity contribution in [3.05, 3.63) is 30.5 Å². The zero-order valence-corrected chi connectivity index (χ0v) is 13.0. The molecule has 0 spiro atoms. The Morgan fingerprint density at radius 2 is 1.96 bits per heavy atom. The van der Waals surface area contributed by atoms with E-state index >= 15 is 0 Å². The van der Waals surface area contributed by atoms with Gasteiger partial charge in [0.2, 0.25) is 11.8 Å². The number of alkyl halides is 2. The number of carboxylic acid groups (broad SMARTS) is 1. The second kappa shape index (κ2) is 6.22. The number of amides is 1. The minimum absolute atomic E-state index is 0.133. The average molecular weight is 336 g/mol. The molecule has 0 saturated heterocycles. The molecule has 0 unspecified atom stereocenters. The van der Waals surface area contributed by atoms with Crippen LogP contribution >= 0.6 is 0 Å². The molecule has 1 aromatic heterocycles. The van der Waals surface area contributed by atoms with Crippen LogP contribution in [0.5, 0.6) is 0 Å². The molecule has 1 saturated carbocycles. The van der Waals surface area contributed by atoms with Crippen LogP contribution in [0.15, 0.2) is 30.5 Å². The molecular weight excluding hydrogens is 318 g/mol. The number of rotatable bonds is 4. The summed E-state index contributed by atoms with van der Waals surface area (Å²) in [5, 5.41) is 12.4. The standard InChI is InChI=1S/C17H18F2N2O3/c18-17(19)6-3-11(4-7-17)16(24)20-13-1-2-14-12(9-13)5-8-21(14)10-15(22)23/h1-2,5,8-9,11H,3-4,6-7,10H2,(H,20,24)(H,22,23). The zero-order chi connectivity index (χ0) is 17.3. The highest BCUT2D eigenvalue weighted by Crippen LogP contribution is 2.36. The Morgan fingerprint density at radius 3 is 2.62 bits per heavy atom. The van der Waals surface area contributed by atoms with E-state index in [-0.39, 0.29) is 38.1 Å². The van der Waals surface area contributed by atoms with Gasteiger partial charge in [-0.2, -0.15) is 0 Å². The van der Waals surface area contributed by atoms with E-state index in [0.29, 0.717) is 5.69 Å². The quantitative estimate of drug-likeness (QED) is 0.898. The van der Waals surface area contributed by atoms with Crippen molar-refractivity contribution in [1.29, 1.82) is 0 Å². The number of carbonyl (C=O) groups excluding carboxylic acids is 1. The van der Waals surface area contributed by atoms with Crippen LogP contribution in [0.25, 0.3) is 10.9 Å². The van der Waals surface area contributed by atoms with Crippen molar-refractivity contribution in [3.8, 4) is 0 Å². The number of nitrogens with one attached hydrogen (secondary N) is 1. The molecule has 1 aromatic carbocycles. The molecule has 0 aliphatic heterocycles. The van der Waals surface area contributed by atoms with Gasteiger partial charge < -0.3 is 15.0 Å². The monoisotopic (exact) mass is 336 g/mol. The highest BCUT2D eigenvalue weighted by Gasteiger charge is 2.37. The largest absolute Gasteiger partial charge is 0.480 e. The summed E-state index contributed by atoms with van der Waals surface area (Å²) in [6.07, 6.45) is 1.56. The molecule has 0 bridgehead atoms. The van der Waals surface area contributed by atoms with Crippen LogP contribution in [-0.2, 0) is 16.1 Å². The predicted octanol–water partition coefficient (Wildman–Crippen LogP) is 3.49. The van der Waals surface area contributed by atoms with E-state index in [1.54, 1.807) is 35.0 Å². The van der Waals surface area contributed by atoms with Gasteiger partial charge >= 0.3 is 5.97 Å². The maximum atomic E-state index is 13.2. The van der Waals surface area contributed by atoms with Gasteiger partial charge in [0.1, 0.15) is 6.54 Å². The van der Waals surface area contributed by atoms with Gasteiger partial charge in [-0.1, -0.05) is 0 Å². The topological polar surface area (TPSA) is 71.3 Å². The lowest BCUT2D eigenvalue weighted by atomic mass is 9.86. The van der Waals surface area contributed by atoms with E-state index < -0.39 is 17.8 Å². The lowest BCUT2D eigenvalue weighted by Crippen LogP contribution is -2.31. The van der Waals surface area contributed by atoms with Gasteiger partial charge in [0.25, 0.3) is 0 Å². The normalized spacial score (nSPS) is 17.8. The van der Waals surface area contributed by atoms with E-state index in [0.717, 1.165) is 10.9 Å². The van der Waals surface area contributed by atoms with Gasteiger partial charge in [0.15, 0.2) is 0 Å². The Hall–Kier alpha value is -2.44. The van der Waals surface area contributed by atoms with Gasteiger partial charge in [0.05, 0.1) is 0 Å². The maximum absolute atomic E-state index is 13.2. The number of fused-ring (bicyclic) bond motifs is 1. The third kappa shape index (κ3) is 3.55. The first kappa shape index (κ1) is 16.4. The molecule has 24 heavy (non-hydrogen) atoms. The summed E-state index contributed by atoms with van der Waals surface area (Å²) in [7, 11) is 0. The van der Waals surface area contributed by atoms with Crippen molar-refractivity contribution in [1.82, 2.24) is 4.57 Å². The summed E-state index contributed by atoms with van der Waals surface area (Å²) in [6, 6.07) is 6.96. The lowest BCUT2D eigenvalue weighted by Gasteiger charge is -2.27. The number of aliphatic carboxylic acids is 1. The Balaban J connectivity index is 1.69. The first-order valence-electron chi connectivity index (χ1n) is 7.83. The third-order valence-electron chi connectivity index (χ3n) is 4.43. The maximum Gasteiger partial charge on any atom is 0.323 e. The number of nitrogens with zero attached hydrogens (tertiary/aromatic N) is 1. The molecule has 128 valence electrons. The lowest BCUT2D eigenvalue weighted by molar-refractivity contribution is -0.137. The summed E-state index contributed by atoms with van der Waals surface area (Å²) in [4.78, 5) is 23.0. The molecule has 5 nitrogen and oxygen atoms in total. The van der Waals surface area contributed by atoms with Crippen LogP contribution < -0.4 is 5.32 Å². The van der Waals surface area contributed by atoms with Crippen LogP contribution in [0, 0.1) is 5.92 Å². The number of hydrogen-bond acceptors (Lipinski definition) is 2. The zero-order valence-electron chi connectivity index (χ0n) is 13.0. The fraction of sp³-hybridized carbons (Fsp3) is 0.412. The molecule has 3 rings (SSSR count). The van der Waals surface area contributed by atoms with E-state index in [4.69, 9.17) is 5.11 Å². The molecule has 2 aromatic rings. The fourth-order valence-corrected chi connectivity index (χ4v) is 3.11. The molecular formula is C17H18F2N2O3. The Labute approximate surface area is 137 Å². The van der Waals surface area contributed by atoms with Crippen LogP contribution in [0.4, 0.5) is 14.5 Å². The van der Waals surface area contributed by atoms with Gasteiger partial charge in [0, 0.05) is 41.5 Å². The molecule has 1 aliphatic rings. The smallest absolute Gasteiger partial charge is 0.323 e. The number of benzene rings is 1. The predicted molar refractivity (Wildman–Crippen MR) is 85.1 cm³/mol.